The molecule has 2 N–H and O–H groups in total. The Labute approximate surface area is 217 Å². The van der Waals surface area contributed by atoms with Crippen LogP contribution in [0.5, 0.6) is 0 Å². The summed E-state index contributed by atoms with van der Waals surface area (Å²) in [6.45, 7) is 8.16. The quantitative estimate of drug-likeness (QED) is 0.403. The molecule has 1 aliphatic heterocycles. The molecule has 37 heavy (non-hydrogen) atoms. The lowest BCUT2D eigenvalue weighted by molar-refractivity contribution is -0.125. The van der Waals surface area contributed by atoms with Gasteiger partial charge in [0.25, 0.3) is 0 Å². The molecule has 0 aromatic heterocycles. The van der Waals surface area contributed by atoms with Gasteiger partial charge in [0, 0.05) is 18.4 Å². The second-order valence-corrected chi connectivity index (χ2v) is 14.9. The van der Waals surface area contributed by atoms with E-state index in [2.05, 4.69) is 35.6 Å². The van der Waals surface area contributed by atoms with Crippen molar-refractivity contribution in [2.24, 2.45) is 16.1 Å². The molecule has 0 saturated carbocycles. The molecular weight excluding hydrogens is 513 g/mol. The first-order chi connectivity index (χ1) is 17.1. The minimum atomic E-state index is -3.93. The minimum Gasteiger partial charge on any atom is -0.342 e. The van der Waals surface area contributed by atoms with Crippen LogP contribution in [0.1, 0.15) is 56.5 Å². The summed E-state index contributed by atoms with van der Waals surface area (Å²) in [5, 5.41) is 3.16. The first-order valence-electron chi connectivity index (χ1n) is 11.9. The van der Waals surface area contributed by atoms with Crippen molar-refractivity contribution in [3.8, 4) is 0 Å². The second kappa shape index (κ2) is 9.19. The Morgan fingerprint density at radius 1 is 1.16 bits per heavy atom. The van der Waals surface area contributed by atoms with Crippen molar-refractivity contribution >= 4 is 51.6 Å². The van der Waals surface area contributed by atoms with Crippen LogP contribution in [0.3, 0.4) is 0 Å². The molecule has 0 bridgehead atoms. The number of amidine groups is 1. The summed E-state index contributed by atoms with van der Waals surface area (Å²) in [4.78, 5) is 27.8. The number of hydrogen-bond donors (Lipinski definition) is 2. The van der Waals surface area contributed by atoms with Gasteiger partial charge in [0.15, 0.2) is 11.6 Å². The zero-order valence-corrected chi connectivity index (χ0v) is 23.5. The monoisotopic (exact) mass is 545 g/mol. The molecule has 3 atom stereocenters. The van der Waals surface area contributed by atoms with Crippen molar-refractivity contribution < 1.29 is 27.1 Å². The molecule has 0 spiro atoms. The van der Waals surface area contributed by atoms with E-state index in [0.717, 1.165) is 12.7 Å². The summed E-state index contributed by atoms with van der Waals surface area (Å²) in [5.41, 5.74) is 0.663. The fourth-order valence-corrected chi connectivity index (χ4v) is 6.94. The van der Waals surface area contributed by atoms with E-state index in [1.807, 2.05) is 19.1 Å². The summed E-state index contributed by atoms with van der Waals surface area (Å²) in [5.74, 6) is -2.05. The average Bonchev–Trinajstić information content (AvgIpc) is 2.81. The normalized spacial score (nSPS) is 25.6. The highest BCUT2D eigenvalue weighted by atomic mass is 32.2. The summed E-state index contributed by atoms with van der Waals surface area (Å²) in [6.07, 6.45) is 2.29. The Bertz CT molecular complexity index is 1480. The molecule has 9 nitrogen and oxygen atoms in total. The van der Waals surface area contributed by atoms with Gasteiger partial charge in [-0.05, 0) is 48.9 Å². The number of anilines is 2. The molecule has 1 aliphatic carbocycles. The number of ketones is 2. The molecular formula is C26H32N3O6PS. The number of fused-ring (bicyclic) bond motifs is 2. The third-order valence-electron chi connectivity index (χ3n) is 6.86. The van der Waals surface area contributed by atoms with E-state index in [4.69, 9.17) is 4.52 Å². The van der Waals surface area contributed by atoms with Gasteiger partial charge in [-0.3, -0.25) is 18.9 Å². The zero-order chi connectivity index (χ0) is 27.4. The van der Waals surface area contributed by atoms with Gasteiger partial charge in [-0.2, -0.15) is 4.76 Å². The van der Waals surface area contributed by atoms with E-state index in [-0.39, 0.29) is 28.0 Å². The van der Waals surface area contributed by atoms with Crippen molar-refractivity contribution in [2.45, 2.75) is 46.0 Å². The van der Waals surface area contributed by atoms with Gasteiger partial charge < -0.3 is 9.84 Å². The topological polar surface area (TPSA) is 131 Å². The Morgan fingerprint density at radius 2 is 1.84 bits per heavy atom. The first kappa shape index (κ1) is 27.2. The largest absolute Gasteiger partial charge is 0.348 e. The Kier molecular flexibility index (Phi) is 6.76. The smallest absolute Gasteiger partial charge is 0.342 e. The SMILES string of the molecule is COP1(=O)N=C(C2C(=O)c3ccccc3C(C)(CCC(C)(C)C)C2=O)Nc2ccc(NS(C)(=O)=O)cc21. The van der Waals surface area contributed by atoms with E-state index in [9.17, 15) is 22.6 Å². The summed E-state index contributed by atoms with van der Waals surface area (Å²) >= 11 is 0. The Balaban J connectivity index is 1.81. The molecule has 0 fully saturated rings. The van der Waals surface area contributed by atoms with Gasteiger partial charge in [0.05, 0.1) is 22.7 Å². The van der Waals surface area contributed by atoms with E-state index in [0.29, 0.717) is 23.2 Å². The molecule has 198 valence electrons. The maximum atomic E-state index is 14.1. The zero-order valence-electron chi connectivity index (χ0n) is 21.8. The van der Waals surface area contributed by atoms with Gasteiger partial charge in [0.1, 0.15) is 11.8 Å². The Morgan fingerprint density at radius 3 is 2.46 bits per heavy atom. The number of rotatable bonds is 6. The second-order valence-electron chi connectivity index (χ2n) is 11.0. The van der Waals surface area contributed by atoms with Crippen molar-refractivity contribution in [3.05, 3.63) is 53.6 Å². The van der Waals surface area contributed by atoms with Crippen molar-refractivity contribution in [1.82, 2.24) is 0 Å². The molecule has 3 unspecified atom stereocenters. The molecule has 0 radical (unpaired) electrons. The standard InChI is InChI=1S/C26H32N3O6PS/c1-25(2,3)13-14-26(4)18-10-8-7-9-17(18)22(30)21(23(26)31)24-27-19-12-11-16(29-37(6,33)34)15-20(19)36(32,28-24)35-5/h7-12,15,21,29H,13-14H2,1-6H3,(H,27,28,32). The van der Waals surface area contributed by atoms with E-state index < -0.39 is 34.7 Å². The fourth-order valence-electron chi connectivity index (χ4n) is 4.81. The maximum Gasteiger partial charge on any atom is 0.348 e. The summed E-state index contributed by atoms with van der Waals surface area (Å²) < 4.78 is 49.1. The van der Waals surface area contributed by atoms with E-state index in [1.165, 1.54) is 25.3 Å². The van der Waals surface area contributed by atoms with Crippen LogP contribution >= 0.6 is 7.52 Å². The van der Waals surface area contributed by atoms with Crippen molar-refractivity contribution in [3.63, 3.8) is 0 Å². The van der Waals surface area contributed by atoms with Crippen LogP contribution in [0.25, 0.3) is 0 Å². The summed E-state index contributed by atoms with van der Waals surface area (Å²) in [6, 6.07) is 11.5. The number of carbonyl (C=O) groups is 2. The molecule has 0 amide bonds. The summed E-state index contributed by atoms with van der Waals surface area (Å²) in [7, 11) is -6.29. The molecule has 2 aromatic rings. The van der Waals surface area contributed by atoms with Crippen LogP contribution in [0, 0.1) is 11.3 Å². The van der Waals surface area contributed by atoms with Crippen LogP contribution in [0.4, 0.5) is 11.4 Å². The fraction of sp³-hybridized carbons (Fsp3) is 0.423. The van der Waals surface area contributed by atoms with Crippen LogP contribution in [0.15, 0.2) is 47.2 Å². The van der Waals surface area contributed by atoms with Crippen LogP contribution < -0.4 is 15.3 Å². The van der Waals surface area contributed by atoms with Crippen LogP contribution in [-0.4, -0.2) is 39.2 Å². The molecule has 11 heteroatoms. The molecule has 2 aliphatic rings. The average molecular weight is 546 g/mol. The molecule has 1 heterocycles. The maximum absolute atomic E-state index is 14.1. The third kappa shape index (κ3) is 5.15. The van der Waals surface area contributed by atoms with Gasteiger partial charge >= 0.3 is 7.52 Å². The van der Waals surface area contributed by atoms with Crippen LogP contribution in [-0.2, 0) is 29.3 Å². The predicted molar refractivity (Wildman–Crippen MR) is 146 cm³/mol. The van der Waals surface area contributed by atoms with Crippen LogP contribution in [0.2, 0.25) is 0 Å². The number of sulfonamides is 1. The number of Topliss-reactive ketones (excluding diaryl/α,β-unsaturated/α-hetero) is 2. The highest BCUT2D eigenvalue weighted by molar-refractivity contribution is 7.92. The number of hydrogen-bond acceptors (Lipinski definition) is 7. The first-order valence-corrected chi connectivity index (χ1v) is 15.4. The van der Waals surface area contributed by atoms with Gasteiger partial charge in [0.2, 0.25) is 10.0 Å². The third-order valence-corrected chi connectivity index (χ3v) is 9.42. The number of benzene rings is 2. The lowest BCUT2D eigenvalue weighted by Crippen LogP contribution is -2.51. The highest BCUT2D eigenvalue weighted by Crippen LogP contribution is 2.53. The number of nitrogens with one attached hydrogen (secondary N) is 2. The van der Waals surface area contributed by atoms with Crippen molar-refractivity contribution in [1.29, 1.82) is 0 Å². The van der Waals surface area contributed by atoms with Crippen molar-refractivity contribution in [2.75, 3.05) is 23.4 Å². The Hall–Kier alpha value is -2.81. The van der Waals surface area contributed by atoms with Gasteiger partial charge in [-0.15, -0.1) is 0 Å². The lowest BCUT2D eigenvalue weighted by Gasteiger charge is -2.40. The number of carbonyl (C=O) groups excluding carboxylic acids is 2. The molecule has 2 aromatic carbocycles. The van der Waals surface area contributed by atoms with Gasteiger partial charge in [-0.25, -0.2) is 8.42 Å². The van der Waals surface area contributed by atoms with Gasteiger partial charge in [-0.1, -0.05) is 45.0 Å². The molecule has 0 saturated heterocycles. The molecule has 4 rings (SSSR count). The highest BCUT2D eigenvalue weighted by Gasteiger charge is 2.52. The predicted octanol–water partition coefficient (Wildman–Crippen LogP) is 4.51. The lowest BCUT2D eigenvalue weighted by atomic mass is 9.62. The number of nitrogens with zero attached hydrogens (tertiary/aromatic N) is 1. The van der Waals surface area contributed by atoms with E-state index in [1.54, 1.807) is 12.1 Å². The minimum absolute atomic E-state index is 0.0296. The van der Waals surface area contributed by atoms with E-state index >= 15 is 0 Å².